The Hall–Kier alpha value is -1.15. The van der Waals surface area contributed by atoms with Crippen LogP contribution in [0.4, 0.5) is 0 Å². The molecule has 0 bridgehead atoms. The third-order valence-corrected chi connectivity index (χ3v) is 7.29. The van der Waals surface area contributed by atoms with E-state index in [2.05, 4.69) is 0 Å². The highest BCUT2D eigenvalue weighted by Gasteiger charge is 2.47. The van der Waals surface area contributed by atoms with Crippen LogP contribution in [0, 0.1) is 11.8 Å². The van der Waals surface area contributed by atoms with Crippen LogP contribution in [-0.4, -0.2) is 79.9 Å². The van der Waals surface area contributed by atoms with Crippen LogP contribution >= 0.6 is 0 Å². The molecule has 2 heterocycles. The van der Waals surface area contributed by atoms with Crippen LogP contribution in [0.3, 0.4) is 0 Å². The van der Waals surface area contributed by atoms with Gasteiger partial charge in [-0.3, -0.25) is 9.59 Å². The lowest BCUT2D eigenvalue weighted by atomic mass is 10.0. The Kier molecular flexibility index (Phi) is 5.91. The summed E-state index contributed by atoms with van der Waals surface area (Å²) in [6.07, 6.45) is 1.65. The molecule has 2 amide bonds. The first-order valence-electron chi connectivity index (χ1n) is 8.59. The monoisotopic (exact) mass is 359 g/mol. The van der Waals surface area contributed by atoms with Crippen molar-refractivity contribution in [3.63, 3.8) is 0 Å². The number of hydrogen-bond acceptors (Lipinski definition) is 4. The van der Waals surface area contributed by atoms with Crippen molar-refractivity contribution >= 4 is 21.8 Å². The predicted molar refractivity (Wildman–Crippen MR) is 91.7 cm³/mol. The number of sulfonamides is 1. The molecule has 2 aliphatic heterocycles. The molecule has 2 aliphatic rings. The second kappa shape index (κ2) is 7.39. The number of likely N-dealkylation sites (N-methyl/N-ethyl adjacent to an activating group) is 1. The van der Waals surface area contributed by atoms with E-state index in [1.807, 2.05) is 18.7 Å². The molecule has 8 heteroatoms. The van der Waals surface area contributed by atoms with Crippen molar-refractivity contribution in [2.45, 2.75) is 38.4 Å². The van der Waals surface area contributed by atoms with Gasteiger partial charge in [0.2, 0.25) is 21.8 Å². The number of carbonyl (C=O) groups is 2. The molecule has 7 nitrogen and oxygen atoms in total. The van der Waals surface area contributed by atoms with Gasteiger partial charge in [-0.1, -0.05) is 13.8 Å². The van der Waals surface area contributed by atoms with E-state index >= 15 is 0 Å². The van der Waals surface area contributed by atoms with Gasteiger partial charge in [-0.25, -0.2) is 8.42 Å². The molecular formula is C16H29N3O4S. The molecular weight excluding hydrogens is 330 g/mol. The molecule has 0 aromatic rings. The number of rotatable bonds is 4. The average Bonchev–Trinajstić information content (AvgIpc) is 2.63. The van der Waals surface area contributed by atoms with E-state index in [-0.39, 0.29) is 24.3 Å². The molecule has 2 fully saturated rings. The van der Waals surface area contributed by atoms with Gasteiger partial charge in [0.05, 0.1) is 11.8 Å². The molecule has 2 saturated heterocycles. The Morgan fingerprint density at radius 3 is 2.38 bits per heavy atom. The highest BCUT2D eigenvalue weighted by Crippen LogP contribution is 2.34. The summed E-state index contributed by atoms with van der Waals surface area (Å²) in [4.78, 5) is 27.3. The minimum absolute atomic E-state index is 0.00168. The zero-order chi connectivity index (χ0) is 18.1. The predicted octanol–water partition coefficient (Wildman–Crippen LogP) is 0.373. The van der Waals surface area contributed by atoms with Gasteiger partial charge in [-0.05, 0) is 24.7 Å². The maximum absolute atomic E-state index is 12.7. The van der Waals surface area contributed by atoms with E-state index in [4.69, 9.17) is 0 Å². The maximum atomic E-state index is 12.7. The van der Waals surface area contributed by atoms with Gasteiger partial charge in [0, 0.05) is 40.2 Å². The van der Waals surface area contributed by atoms with Crippen molar-refractivity contribution < 1.29 is 18.0 Å². The lowest BCUT2D eigenvalue weighted by Crippen LogP contribution is -2.39. The summed E-state index contributed by atoms with van der Waals surface area (Å²) in [6, 6.07) is 0. The van der Waals surface area contributed by atoms with Crippen LogP contribution in [0.1, 0.15) is 33.1 Å². The Morgan fingerprint density at radius 1 is 1.17 bits per heavy atom. The van der Waals surface area contributed by atoms with E-state index in [0.717, 1.165) is 0 Å². The fraction of sp³-hybridized carbons (Fsp3) is 0.875. The summed E-state index contributed by atoms with van der Waals surface area (Å²) in [5.74, 6) is 0.212. The van der Waals surface area contributed by atoms with Crippen LogP contribution in [0.5, 0.6) is 0 Å². The molecule has 0 spiro atoms. The zero-order valence-corrected chi connectivity index (χ0v) is 15.9. The van der Waals surface area contributed by atoms with Crippen LogP contribution in [0.2, 0.25) is 0 Å². The van der Waals surface area contributed by atoms with Gasteiger partial charge in [-0.2, -0.15) is 4.31 Å². The molecule has 0 unspecified atom stereocenters. The first-order valence-corrected chi connectivity index (χ1v) is 10.1. The fourth-order valence-electron chi connectivity index (χ4n) is 3.47. The summed E-state index contributed by atoms with van der Waals surface area (Å²) in [6.45, 7) is 5.42. The number of nitrogens with zero attached hydrogens (tertiary/aromatic N) is 3. The van der Waals surface area contributed by atoms with Gasteiger partial charge < -0.3 is 9.80 Å². The average molecular weight is 359 g/mol. The SMILES string of the molecule is CC(C)CC(=O)N1CC[C@@H]2CN(CC(=O)N(C)C)S(=O)(=O)[C@@H]2CC1. The van der Waals surface area contributed by atoms with Crippen molar-refractivity contribution in [2.24, 2.45) is 11.8 Å². The van der Waals surface area contributed by atoms with Gasteiger partial charge in [0.1, 0.15) is 0 Å². The summed E-state index contributed by atoms with van der Waals surface area (Å²) in [5, 5.41) is -0.468. The molecule has 0 aromatic carbocycles. The first-order chi connectivity index (χ1) is 11.1. The molecule has 0 saturated carbocycles. The lowest BCUT2D eigenvalue weighted by Gasteiger charge is -2.23. The fourth-order valence-corrected chi connectivity index (χ4v) is 5.66. The third kappa shape index (κ3) is 4.08. The van der Waals surface area contributed by atoms with Gasteiger partial charge in [-0.15, -0.1) is 0 Å². The first kappa shape index (κ1) is 19.2. The Labute approximate surface area is 145 Å². The number of amides is 2. The van der Waals surface area contributed by atoms with Gasteiger partial charge >= 0.3 is 0 Å². The van der Waals surface area contributed by atoms with Crippen LogP contribution in [-0.2, 0) is 19.6 Å². The van der Waals surface area contributed by atoms with E-state index in [1.54, 1.807) is 14.1 Å². The number of fused-ring (bicyclic) bond motifs is 1. The van der Waals surface area contributed by atoms with E-state index < -0.39 is 15.3 Å². The van der Waals surface area contributed by atoms with Crippen molar-refractivity contribution in [3.8, 4) is 0 Å². The zero-order valence-electron chi connectivity index (χ0n) is 15.1. The standard InChI is InChI=1S/C16H29N3O4S/c1-12(2)9-15(20)18-7-5-13-10-19(11-16(21)17(3)4)24(22,23)14(13)6-8-18/h12-14H,5-11H2,1-4H3/t13-,14-/m1/s1. The lowest BCUT2D eigenvalue weighted by molar-refractivity contribution is -0.132. The number of carbonyl (C=O) groups excluding carboxylic acids is 2. The summed E-state index contributed by atoms with van der Waals surface area (Å²) >= 11 is 0. The highest BCUT2D eigenvalue weighted by molar-refractivity contribution is 7.90. The molecule has 0 aromatic heterocycles. The van der Waals surface area contributed by atoms with E-state index in [1.165, 1.54) is 9.21 Å². The highest BCUT2D eigenvalue weighted by atomic mass is 32.2. The Balaban J connectivity index is 2.04. The number of likely N-dealkylation sites (tertiary alicyclic amines) is 1. The van der Waals surface area contributed by atoms with Crippen molar-refractivity contribution in [1.29, 1.82) is 0 Å². The quantitative estimate of drug-likeness (QED) is 0.727. The summed E-state index contributed by atoms with van der Waals surface area (Å²) in [5.41, 5.74) is 0. The largest absolute Gasteiger partial charge is 0.348 e. The second-order valence-corrected chi connectivity index (χ2v) is 9.63. The molecule has 0 N–H and O–H groups in total. The van der Waals surface area contributed by atoms with Crippen molar-refractivity contribution in [3.05, 3.63) is 0 Å². The van der Waals surface area contributed by atoms with Gasteiger partial charge in [0.15, 0.2) is 0 Å². The Bertz CT molecular complexity index is 588. The number of hydrogen-bond donors (Lipinski definition) is 0. The summed E-state index contributed by atoms with van der Waals surface area (Å²) < 4.78 is 26.8. The molecule has 138 valence electrons. The summed E-state index contributed by atoms with van der Waals surface area (Å²) in [7, 11) is -0.212. The van der Waals surface area contributed by atoms with Gasteiger partial charge in [0.25, 0.3) is 0 Å². The minimum atomic E-state index is -3.46. The molecule has 2 rings (SSSR count). The van der Waals surface area contributed by atoms with Crippen LogP contribution in [0.25, 0.3) is 0 Å². The van der Waals surface area contributed by atoms with E-state index in [0.29, 0.717) is 44.8 Å². The normalized spacial score (nSPS) is 27.0. The Morgan fingerprint density at radius 2 is 1.79 bits per heavy atom. The van der Waals surface area contributed by atoms with Crippen LogP contribution in [0.15, 0.2) is 0 Å². The van der Waals surface area contributed by atoms with Crippen molar-refractivity contribution in [2.75, 3.05) is 40.3 Å². The van der Waals surface area contributed by atoms with E-state index in [9.17, 15) is 18.0 Å². The molecule has 0 aliphatic carbocycles. The minimum Gasteiger partial charge on any atom is -0.348 e. The van der Waals surface area contributed by atoms with Crippen LogP contribution < -0.4 is 0 Å². The third-order valence-electron chi connectivity index (χ3n) is 4.91. The molecule has 2 atom stereocenters. The molecule has 24 heavy (non-hydrogen) atoms. The maximum Gasteiger partial charge on any atom is 0.237 e. The second-order valence-electron chi connectivity index (χ2n) is 7.48. The topological polar surface area (TPSA) is 78.0 Å². The van der Waals surface area contributed by atoms with Crippen molar-refractivity contribution in [1.82, 2.24) is 14.1 Å². The smallest absolute Gasteiger partial charge is 0.237 e. The molecule has 0 radical (unpaired) electrons.